The second kappa shape index (κ2) is 4.29. The first-order valence-corrected chi connectivity index (χ1v) is 5.69. The van der Waals surface area contributed by atoms with Gasteiger partial charge >= 0.3 is 0 Å². The van der Waals surface area contributed by atoms with E-state index in [4.69, 9.17) is 10.2 Å². The van der Waals surface area contributed by atoms with Gasteiger partial charge in [0.15, 0.2) is 5.76 Å². The van der Waals surface area contributed by atoms with Crippen molar-refractivity contribution in [3.05, 3.63) is 23.7 Å². The second-order valence-corrected chi connectivity index (χ2v) is 4.57. The molecule has 4 nitrogen and oxygen atoms in total. The van der Waals surface area contributed by atoms with Gasteiger partial charge in [-0.3, -0.25) is 4.79 Å². The average Bonchev–Trinajstić information content (AvgIpc) is 2.84. The molecule has 2 heterocycles. The van der Waals surface area contributed by atoms with Crippen LogP contribution in [0.1, 0.15) is 29.7 Å². The standard InChI is InChI=1S/C12H18N2O2/c1-8-3-4-11(16-8)12(15)14-6-5-10(7-14)9(2)13/h3-4,9-10H,5-7,13H2,1-2H3. The van der Waals surface area contributed by atoms with Gasteiger partial charge in [0.2, 0.25) is 0 Å². The van der Waals surface area contributed by atoms with Gasteiger partial charge in [0.05, 0.1) is 0 Å². The van der Waals surface area contributed by atoms with Crippen molar-refractivity contribution < 1.29 is 9.21 Å². The summed E-state index contributed by atoms with van der Waals surface area (Å²) in [7, 11) is 0. The summed E-state index contributed by atoms with van der Waals surface area (Å²) in [5, 5.41) is 0. The predicted octanol–water partition coefficient (Wildman–Crippen LogP) is 1.40. The number of nitrogens with zero attached hydrogens (tertiary/aromatic N) is 1. The fourth-order valence-corrected chi connectivity index (χ4v) is 2.11. The van der Waals surface area contributed by atoms with Crippen LogP contribution < -0.4 is 5.73 Å². The van der Waals surface area contributed by atoms with E-state index in [-0.39, 0.29) is 11.9 Å². The number of hydrogen-bond donors (Lipinski definition) is 1. The molecule has 1 amide bonds. The van der Waals surface area contributed by atoms with Gasteiger partial charge in [0.25, 0.3) is 5.91 Å². The lowest BCUT2D eigenvalue weighted by molar-refractivity contribution is 0.0753. The normalized spacial score (nSPS) is 22.4. The van der Waals surface area contributed by atoms with Crippen molar-refractivity contribution >= 4 is 5.91 Å². The molecule has 1 aliphatic heterocycles. The van der Waals surface area contributed by atoms with Gasteiger partial charge in [-0.2, -0.15) is 0 Å². The molecule has 0 aliphatic carbocycles. The molecule has 0 aromatic carbocycles. The first-order valence-electron chi connectivity index (χ1n) is 5.69. The molecule has 1 fully saturated rings. The topological polar surface area (TPSA) is 59.5 Å². The van der Waals surface area contributed by atoms with Crippen molar-refractivity contribution in [3.63, 3.8) is 0 Å². The quantitative estimate of drug-likeness (QED) is 0.822. The maximum Gasteiger partial charge on any atom is 0.289 e. The van der Waals surface area contributed by atoms with Crippen molar-refractivity contribution in [1.82, 2.24) is 4.90 Å². The minimum Gasteiger partial charge on any atom is -0.456 e. The van der Waals surface area contributed by atoms with Crippen LogP contribution in [-0.4, -0.2) is 29.9 Å². The summed E-state index contributed by atoms with van der Waals surface area (Å²) in [6.45, 7) is 5.36. The third kappa shape index (κ3) is 2.11. The Morgan fingerprint density at radius 2 is 2.38 bits per heavy atom. The SMILES string of the molecule is Cc1ccc(C(=O)N2CCC(C(C)N)C2)o1. The number of amides is 1. The molecule has 0 spiro atoms. The third-order valence-electron chi connectivity index (χ3n) is 3.21. The monoisotopic (exact) mass is 222 g/mol. The van der Waals surface area contributed by atoms with Gasteiger partial charge in [-0.25, -0.2) is 0 Å². The molecule has 16 heavy (non-hydrogen) atoms. The smallest absolute Gasteiger partial charge is 0.289 e. The fourth-order valence-electron chi connectivity index (χ4n) is 2.11. The fraction of sp³-hybridized carbons (Fsp3) is 0.583. The molecule has 1 aromatic heterocycles. The minimum atomic E-state index is -0.0174. The Morgan fingerprint density at radius 1 is 1.62 bits per heavy atom. The maximum atomic E-state index is 12.0. The summed E-state index contributed by atoms with van der Waals surface area (Å²) >= 11 is 0. The molecule has 88 valence electrons. The number of aryl methyl sites for hydroxylation is 1. The predicted molar refractivity (Wildman–Crippen MR) is 61.1 cm³/mol. The summed E-state index contributed by atoms with van der Waals surface area (Å²) in [6.07, 6.45) is 0.989. The minimum absolute atomic E-state index is 0.0174. The van der Waals surface area contributed by atoms with Crippen LogP contribution in [0.3, 0.4) is 0 Å². The first-order chi connectivity index (χ1) is 7.58. The van der Waals surface area contributed by atoms with Crippen LogP contribution in [-0.2, 0) is 0 Å². The van der Waals surface area contributed by atoms with Crippen molar-refractivity contribution in [2.45, 2.75) is 26.3 Å². The summed E-state index contributed by atoms with van der Waals surface area (Å²) in [4.78, 5) is 13.8. The highest BCUT2D eigenvalue weighted by Gasteiger charge is 2.30. The number of hydrogen-bond acceptors (Lipinski definition) is 3. The van der Waals surface area contributed by atoms with Gasteiger partial charge in [-0.05, 0) is 38.3 Å². The summed E-state index contributed by atoms with van der Waals surface area (Å²) in [6, 6.07) is 3.69. The number of carbonyl (C=O) groups is 1. The van der Waals surface area contributed by atoms with E-state index in [0.29, 0.717) is 11.7 Å². The molecule has 2 unspecified atom stereocenters. The third-order valence-corrected chi connectivity index (χ3v) is 3.21. The Balaban J connectivity index is 2.02. The number of nitrogens with two attached hydrogens (primary N) is 1. The zero-order valence-corrected chi connectivity index (χ0v) is 9.77. The van der Waals surface area contributed by atoms with Gasteiger partial charge in [0.1, 0.15) is 5.76 Å². The Bertz CT molecular complexity index is 384. The summed E-state index contributed by atoms with van der Waals surface area (Å²) in [5.74, 6) is 1.60. The van der Waals surface area contributed by atoms with E-state index in [0.717, 1.165) is 25.3 Å². The van der Waals surface area contributed by atoms with Crippen LogP contribution >= 0.6 is 0 Å². The van der Waals surface area contributed by atoms with E-state index in [1.165, 1.54) is 0 Å². The van der Waals surface area contributed by atoms with Crippen LogP contribution in [0, 0.1) is 12.8 Å². The average molecular weight is 222 g/mol. The van der Waals surface area contributed by atoms with Gasteiger partial charge in [0, 0.05) is 19.1 Å². The molecule has 1 aliphatic rings. The lowest BCUT2D eigenvalue weighted by Gasteiger charge is -2.16. The van der Waals surface area contributed by atoms with Crippen LogP contribution in [0.5, 0.6) is 0 Å². The van der Waals surface area contributed by atoms with E-state index < -0.39 is 0 Å². The van der Waals surface area contributed by atoms with Crippen LogP contribution in [0.2, 0.25) is 0 Å². The molecule has 0 radical (unpaired) electrons. The first kappa shape index (κ1) is 11.2. The number of carbonyl (C=O) groups excluding carboxylic acids is 1. The highest BCUT2D eigenvalue weighted by Crippen LogP contribution is 2.21. The van der Waals surface area contributed by atoms with E-state index in [9.17, 15) is 4.79 Å². The summed E-state index contributed by atoms with van der Waals surface area (Å²) in [5.41, 5.74) is 5.84. The van der Waals surface area contributed by atoms with Crippen molar-refractivity contribution in [1.29, 1.82) is 0 Å². The molecule has 2 N–H and O–H groups in total. The molecule has 1 saturated heterocycles. The number of likely N-dealkylation sites (tertiary alicyclic amines) is 1. The molecule has 4 heteroatoms. The Hall–Kier alpha value is -1.29. The van der Waals surface area contributed by atoms with Gasteiger partial charge in [-0.1, -0.05) is 0 Å². The van der Waals surface area contributed by atoms with E-state index >= 15 is 0 Å². The molecule has 2 atom stereocenters. The van der Waals surface area contributed by atoms with E-state index in [1.807, 2.05) is 24.8 Å². The molecular formula is C12H18N2O2. The molecular weight excluding hydrogens is 204 g/mol. The highest BCUT2D eigenvalue weighted by atomic mass is 16.3. The van der Waals surface area contributed by atoms with Crippen molar-refractivity contribution in [3.8, 4) is 0 Å². The van der Waals surface area contributed by atoms with Crippen LogP contribution in [0.15, 0.2) is 16.5 Å². The van der Waals surface area contributed by atoms with Gasteiger partial charge < -0.3 is 15.1 Å². The van der Waals surface area contributed by atoms with Crippen LogP contribution in [0.25, 0.3) is 0 Å². The lowest BCUT2D eigenvalue weighted by atomic mass is 10.0. The summed E-state index contributed by atoms with van der Waals surface area (Å²) < 4.78 is 5.33. The number of furan rings is 1. The van der Waals surface area contributed by atoms with E-state index in [2.05, 4.69) is 0 Å². The molecule has 1 aromatic rings. The zero-order chi connectivity index (χ0) is 11.7. The van der Waals surface area contributed by atoms with Crippen molar-refractivity contribution in [2.24, 2.45) is 11.7 Å². The largest absolute Gasteiger partial charge is 0.456 e. The Labute approximate surface area is 95.4 Å². The lowest BCUT2D eigenvalue weighted by Crippen LogP contribution is -2.32. The van der Waals surface area contributed by atoms with E-state index in [1.54, 1.807) is 6.07 Å². The molecule has 2 rings (SSSR count). The molecule has 0 saturated carbocycles. The van der Waals surface area contributed by atoms with Gasteiger partial charge in [-0.15, -0.1) is 0 Å². The maximum absolute atomic E-state index is 12.0. The van der Waals surface area contributed by atoms with Crippen LogP contribution in [0.4, 0.5) is 0 Å². The van der Waals surface area contributed by atoms with Crippen molar-refractivity contribution in [2.75, 3.05) is 13.1 Å². The highest BCUT2D eigenvalue weighted by molar-refractivity contribution is 5.91. The Morgan fingerprint density at radius 3 is 2.88 bits per heavy atom. The second-order valence-electron chi connectivity index (χ2n) is 4.57. The Kier molecular flexibility index (Phi) is 3.01. The molecule has 0 bridgehead atoms. The number of rotatable bonds is 2. The zero-order valence-electron chi connectivity index (χ0n) is 9.77.